The summed E-state index contributed by atoms with van der Waals surface area (Å²) in [6, 6.07) is 8.01. The van der Waals surface area contributed by atoms with Crippen molar-refractivity contribution in [1.82, 2.24) is 4.90 Å². The second kappa shape index (κ2) is 8.15. The van der Waals surface area contributed by atoms with Crippen LogP contribution in [0.1, 0.15) is 31.7 Å². The minimum Gasteiger partial charge on any atom is -0.396 e. The lowest BCUT2D eigenvalue weighted by molar-refractivity contribution is -0.117. The molecule has 0 saturated carbocycles. The van der Waals surface area contributed by atoms with Crippen molar-refractivity contribution in [3.63, 3.8) is 0 Å². The summed E-state index contributed by atoms with van der Waals surface area (Å²) >= 11 is 0. The number of piperidine rings is 1. The van der Waals surface area contributed by atoms with E-state index in [4.69, 9.17) is 5.11 Å². The Labute approximate surface area is 127 Å². The van der Waals surface area contributed by atoms with Gasteiger partial charge in [0.15, 0.2) is 0 Å². The van der Waals surface area contributed by atoms with E-state index < -0.39 is 0 Å². The molecule has 116 valence electrons. The van der Waals surface area contributed by atoms with Crippen molar-refractivity contribution in [3.05, 3.63) is 29.8 Å². The smallest absolute Gasteiger partial charge is 0.238 e. The predicted octanol–water partition coefficient (Wildman–Crippen LogP) is 2.28. The number of aliphatic hydroxyl groups is 1. The van der Waals surface area contributed by atoms with Gasteiger partial charge in [-0.3, -0.25) is 9.69 Å². The fraction of sp³-hybridized carbons (Fsp3) is 0.588. The van der Waals surface area contributed by atoms with E-state index in [1.165, 1.54) is 5.56 Å². The fourth-order valence-electron chi connectivity index (χ4n) is 2.99. The quantitative estimate of drug-likeness (QED) is 0.845. The Morgan fingerprint density at radius 2 is 2.33 bits per heavy atom. The molecule has 1 aromatic carbocycles. The highest BCUT2D eigenvalue weighted by molar-refractivity contribution is 5.92. The van der Waals surface area contributed by atoms with Gasteiger partial charge in [0.05, 0.1) is 6.54 Å². The molecule has 1 amide bonds. The van der Waals surface area contributed by atoms with Crippen LogP contribution < -0.4 is 5.32 Å². The van der Waals surface area contributed by atoms with Crippen molar-refractivity contribution in [2.45, 2.75) is 32.6 Å². The molecule has 1 aromatic rings. The number of nitrogens with one attached hydrogen (secondary N) is 1. The molecule has 1 unspecified atom stereocenters. The van der Waals surface area contributed by atoms with Crippen LogP contribution in [0.3, 0.4) is 0 Å². The number of hydrogen-bond acceptors (Lipinski definition) is 3. The van der Waals surface area contributed by atoms with Gasteiger partial charge in [-0.2, -0.15) is 0 Å². The lowest BCUT2D eigenvalue weighted by Gasteiger charge is -2.31. The first-order chi connectivity index (χ1) is 10.2. The van der Waals surface area contributed by atoms with Gasteiger partial charge in [-0.1, -0.05) is 19.1 Å². The van der Waals surface area contributed by atoms with Crippen molar-refractivity contribution >= 4 is 11.6 Å². The van der Waals surface area contributed by atoms with Gasteiger partial charge in [0.25, 0.3) is 0 Å². The van der Waals surface area contributed by atoms with Crippen LogP contribution in [-0.2, 0) is 11.2 Å². The van der Waals surface area contributed by atoms with Crippen molar-refractivity contribution < 1.29 is 9.90 Å². The molecule has 0 bridgehead atoms. The van der Waals surface area contributed by atoms with Crippen LogP contribution in [0.2, 0.25) is 0 Å². The Hall–Kier alpha value is -1.39. The van der Waals surface area contributed by atoms with E-state index in [2.05, 4.69) is 23.2 Å². The number of nitrogens with zero attached hydrogens (tertiary/aromatic N) is 1. The maximum absolute atomic E-state index is 12.1. The molecule has 2 rings (SSSR count). The zero-order valence-corrected chi connectivity index (χ0v) is 12.8. The largest absolute Gasteiger partial charge is 0.396 e. The summed E-state index contributed by atoms with van der Waals surface area (Å²) in [5.74, 6) is 0.577. The van der Waals surface area contributed by atoms with Crippen LogP contribution in [0.4, 0.5) is 5.69 Å². The Morgan fingerprint density at radius 1 is 1.48 bits per heavy atom. The molecule has 4 nitrogen and oxygen atoms in total. The molecule has 1 aliphatic heterocycles. The average molecular weight is 290 g/mol. The summed E-state index contributed by atoms with van der Waals surface area (Å²) < 4.78 is 0. The number of likely N-dealkylation sites (tertiary alicyclic amines) is 1. The van der Waals surface area contributed by atoms with E-state index in [1.807, 2.05) is 18.2 Å². The Morgan fingerprint density at radius 3 is 3.10 bits per heavy atom. The number of hydrogen-bond donors (Lipinski definition) is 2. The first-order valence-corrected chi connectivity index (χ1v) is 7.93. The standard InChI is InChI=1S/C17H26N2O2/c1-2-14-5-3-7-16(11-14)18-17(21)13-19-9-4-6-15(12-19)8-10-20/h3,5,7,11,15,20H,2,4,6,8-10,12-13H2,1H3,(H,18,21). The number of benzene rings is 1. The first kappa shape index (κ1) is 16.0. The molecule has 1 fully saturated rings. The van der Waals surface area contributed by atoms with Crippen LogP contribution in [0.15, 0.2) is 24.3 Å². The van der Waals surface area contributed by atoms with Gasteiger partial charge in [-0.15, -0.1) is 0 Å². The van der Waals surface area contributed by atoms with Crippen LogP contribution in [-0.4, -0.2) is 42.2 Å². The third-order valence-corrected chi connectivity index (χ3v) is 4.13. The third kappa shape index (κ3) is 5.14. The SMILES string of the molecule is CCc1cccc(NC(=O)CN2CCCC(CCO)C2)c1. The molecule has 1 saturated heterocycles. The number of carbonyl (C=O) groups excluding carboxylic acids is 1. The highest BCUT2D eigenvalue weighted by atomic mass is 16.3. The molecule has 0 spiro atoms. The van der Waals surface area contributed by atoms with E-state index in [1.54, 1.807) is 0 Å². The molecule has 0 aromatic heterocycles. The van der Waals surface area contributed by atoms with Crippen molar-refractivity contribution in [2.75, 3.05) is 31.6 Å². The molecular formula is C17H26N2O2. The third-order valence-electron chi connectivity index (χ3n) is 4.13. The fourth-order valence-corrected chi connectivity index (χ4v) is 2.99. The zero-order valence-electron chi connectivity index (χ0n) is 12.8. The molecule has 0 radical (unpaired) electrons. The molecule has 1 aliphatic rings. The van der Waals surface area contributed by atoms with Gasteiger partial charge in [0.2, 0.25) is 5.91 Å². The molecule has 4 heteroatoms. The second-order valence-corrected chi connectivity index (χ2v) is 5.86. The molecule has 1 heterocycles. The Bertz CT molecular complexity index is 460. The van der Waals surface area contributed by atoms with Gasteiger partial charge < -0.3 is 10.4 Å². The summed E-state index contributed by atoms with van der Waals surface area (Å²) in [6.07, 6.45) is 4.09. The lowest BCUT2D eigenvalue weighted by atomic mass is 9.95. The van der Waals surface area contributed by atoms with Crippen molar-refractivity contribution in [3.8, 4) is 0 Å². The minimum absolute atomic E-state index is 0.0490. The lowest BCUT2D eigenvalue weighted by Crippen LogP contribution is -2.40. The van der Waals surface area contributed by atoms with Gasteiger partial charge >= 0.3 is 0 Å². The summed E-state index contributed by atoms with van der Waals surface area (Å²) in [4.78, 5) is 14.3. The number of aliphatic hydroxyl groups excluding tert-OH is 1. The minimum atomic E-state index is 0.0490. The maximum atomic E-state index is 12.1. The molecule has 2 N–H and O–H groups in total. The van der Waals surface area contributed by atoms with Crippen molar-refractivity contribution in [2.24, 2.45) is 5.92 Å². The van der Waals surface area contributed by atoms with Gasteiger partial charge in [0.1, 0.15) is 0 Å². The summed E-state index contributed by atoms with van der Waals surface area (Å²) in [5, 5.41) is 12.0. The first-order valence-electron chi connectivity index (χ1n) is 7.93. The van der Waals surface area contributed by atoms with E-state index in [0.29, 0.717) is 12.5 Å². The van der Waals surface area contributed by atoms with E-state index >= 15 is 0 Å². The van der Waals surface area contributed by atoms with Crippen LogP contribution in [0.25, 0.3) is 0 Å². The topological polar surface area (TPSA) is 52.6 Å². The van der Waals surface area contributed by atoms with Crippen LogP contribution in [0, 0.1) is 5.92 Å². The van der Waals surface area contributed by atoms with Gasteiger partial charge in [-0.05, 0) is 55.8 Å². The number of carbonyl (C=O) groups is 1. The molecule has 1 atom stereocenters. The molecule has 21 heavy (non-hydrogen) atoms. The molecule has 0 aliphatic carbocycles. The number of anilines is 1. The Kier molecular flexibility index (Phi) is 6.21. The highest BCUT2D eigenvalue weighted by Crippen LogP contribution is 2.19. The number of rotatable bonds is 6. The monoisotopic (exact) mass is 290 g/mol. The van der Waals surface area contributed by atoms with Crippen LogP contribution >= 0.6 is 0 Å². The summed E-state index contributed by atoms with van der Waals surface area (Å²) in [7, 11) is 0. The highest BCUT2D eigenvalue weighted by Gasteiger charge is 2.21. The second-order valence-electron chi connectivity index (χ2n) is 5.86. The predicted molar refractivity (Wildman–Crippen MR) is 85.3 cm³/mol. The zero-order chi connectivity index (χ0) is 15.1. The Balaban J connectivity index is 1.83. The number of aryl methyl sites for hydroxylation is 1. The van der Waals surface area contributed by atoms with Gasteiger partial charge in [-0.25, -0.2) is 0 Å². The molecular weight excluding hydrogens is 264 g/mol. The van der Waals surface area contributed by atoms with Crippen LogP contribution in [0.5, 0.6) is 0 Å². The summed E-state index contributed by atoms with van der Waals surface area (Å²) in [5.41, 5.74) is 2.11. The van der Waals surface area contributed by atoms with Gasteiger partial charge in [0, 0.05) is 18.8 Å². The van der Waals surface area contributed by atoms with E-state index in [-0.39, 0.29) is 12.5 Å². The summed E-state index contributed by atoms with van der Waals surface area (Å²) in [6.45, 7) is 4.69. The van der Waals surface area contributed by atoms with E-state index in [0.717, 1.165) is 44.5 Å². The van der Waals surface area contributed by atoms with E-state index in [9.17, 15) is 4.79 Å². The maximum Gasteiger partial charge on any atom is 0.238 e. The average Bonchev–Trinajstić information content (AvgIpc) is 2.48. The number of amides is 1. The normalized spacial score (nSPS) is 19.4. The van der Waals surface area contributed by atoms with Crippen molar-refractivity contribution in [1.29, 1.82) is 0 Å².